The van der Waals surface area contributed by atoms with Gasteiger partial charge in [-0.05, 0) is 51.2 Å². The van der Waals surface area contributed by atoms with Crippen molar-refractivity contribution in [2.45, 2.75) is 6.17 Å². The molecule has 1 aliphatic rings. The van der Waals surface area contributed by atoms with Crippen LogP contribution in [0.4, 0.5) is 0 Å². The molecule has 8 aromatic rings. The molecule has 1 aliphatic heterocycles. The van der Waals surface area contributed by atoms with Crippen LogP contribution in [0.5, 0.6) is 0 Å². The first-order valence-corrected chi connectivity index (χ1v) is 15.9. The average Bonchev–Trinajstić information content (AvgIpc) is 3.53. The van der Waals surface area contributed by atoms with Crippen LogP contribution in [0.15, 0.2) is 178 Å². The van der Waals surface area contributed by atoms with Crippen molar-refractivity contribution >= 4 is 44.4 Å². The second-order valence-electron chi connectivity index (χ2n) is 11.8. The van der Waals surface area contributed by atoms with Gasteiger partial charge in [-0.3, -0.25) is 0 Å². The smallest absolute Gasteiger partial charge is 0.170 e. The zero-order valence-electron chi connectivity index (χ0n) is 25.5. The zero-order chi connectivity index (χ0) is 31.2. The molecule has 0 saturated heterocycles. The number of benzene rings is 7. The molecule has 0 amide bonds. The Morgan fingerprint density at radius 3 is 1.85 bits per heavy atom. The van der Waals surface area contributed by atoms with E-state index in [-0.39, 0.29) is 0 Å². The molecular formula is C43H29N3O. The van der Waals surface area contributed by atoms with Gasteiger partial charge in [0.15, 0.2) is 6.17 Å². The molecule has 7 aromatic carbocycles. The Morgan fingerprint density at radius 2 is 1.09 bits per heavy atom. The highest BCUT2D eigenvalue weighted by Gasteiger charge is 2.25. The summed E-state index contributed by atoms with van der Waals surface area (Å²) in [4.78, 5) is 10.5. The summed E-state index contributed by atoms with van der Waals surface area (Å²) in [6.45, 7) is 0. The van der Waals surface area contributed by atoms with Crippen molar-refractivity contribution in [2.75, 3.05) is 0 Å². The highest BCUT2D eigenvalue weighted by molar-refractivity contribution is 6.23. The van der Waals surface area contributed by atoms with Crippen LogP contribution in [-0.4, -0.2) is 11.7 Å². The van der Waals surface area contributed by atoms with Gasteiger partial charge in [-0.1, -0.05) is 146 Å². The van der Waals surface area contributed by atoms with Crippen molar-refractivity contribution in [1.82, 2.24) is 5.32 Å². The molecule has 222 valence electrons. The third kappa shape index (κ3) is 4.79. The van der Waals surface area contributed by atoms with E-state index in [0.29, 0.717) is 0 Å². The third-order valence-corrected chi connectivity index (χ3v) is 8.97. The molecule has 4 heteroatoms. The van der Waals surface area contributed by atoms with Crippen LogP contribution in [0.3, 0.4) is 0 Å². The number of nitrogens with zero attached hydrogens (tertiary/aromatic N) is 2. The number of hydrogen-bond donors (Lipinski definition) is 1. The fourth-order valence-electron chi connectivity index (χ4n) is 6.72. The van der Waals surface area contributed by atoms with Crippen LogP contribution in [0.2, 0.25) is 0 Å². The summed E-state index contributed by atoms with van der Waals surface area (Å²) in [6.07, 6.45) is -0.450. The van der Waals surface area contributed by atoms with Crippen molar-refractivity contribution < 1.29 is 4.42 Å². The maximum absolute atomic E-state index is 6.47. The van der Waals surface area contributed by atoms with Crippen molar-refractivity contribution in [3.63, 3.8) is 0 Å². The fourth-order valence-corrected chi connectivity index (χ4v) is 6.72. The van der Waals surface area contributed by atoms with E-state index in [0.717, 1.165) is 66.8 Å². The van der Waals surface area contributed by atoms with Crippen molar-refractivity contribution in [3.8, 4) is 22.3 Å². The van der Waals surface area contributed by atoms with Gasteiger partial charge in [0.05, 0.1) is 0 Å². The van der Waals surface area contributed by atoms with E-state index in [9.17, 15) is 0 Å². The molecule has 0 bridgehead atoms. The summed E-state index contributed by atoms with van der Waals surface area (Å²) in [5, 5.41) is 8.02. The first kappa shape index (κ1) is 27.1. The minimum absolute atomic E-state index is 0.450. The average molecular weight is 604 g/mol. The SMILES string of the molecule is c1ccc(C2=NC(c3ccc(-c4ccccc4)c4ccccc34)N=C(c3cccc4oc5cc(-c6ccccc6)ccc5c34)N2)cc1. The van der Waals surface area contributed by atoms with Crippen LogP contribution >= 0.6 is 0 Å². The number of fused-ring (bicyclic) bond motifs is 4. The molecule has 0 fully saturated rings. The maximum atomic E-state index is 6.47. The number of aliphatic imine (C=N–C) groups is 2. The Labute approximate surface area is 272 Å². The van der Waals surface area contributed by atoms with Gasteiger partial charge in [-0.2, -0.15) is 0 Å². The summed E-state index contributed by atoms with van der Waals surface area (Å²) in [5.74, 6) is 1.55. The molecule has 0 aliphatic carbocycles. The van der Waals surface area contributed by atoms with E-state index in [1.807, 2.05) is 36.4 Å². The standard InChI is InChI=1S/C43H29N3O/c1-4-13-28(14-5-1)31-23-24-36-39(27-31)47-38-22-12-21-37(40(36)38)43-45-41(30-17-8-3-9-18-30)44-42(46-43)35-26-25-32(29-15-6-2-7-16-29)33-19-10-11-20-34(33)35/h1-27,42H,(H,44,45,46). The minimum atomic E-state index is -0.450. The summed E-state index contributed by atoms with van der Waals surface area (Å²) in [6, 6.07) is 56.8. The second-order valence-corrected chi connectivity index (χ2v) is 11.8. The van der Waals surface area contributed by atoms with Gasteiger partial charge in [0.2, 0.25) is 0 Å². The molecular weight excluding hydrogens is 574 g/mol. The predicted octanol–water partition coefficient (Wildman–Crippen LogP) is 10.6. The molecule has 0 spiro atoms. The highest BCUT2D eigenvalue weighted by atomic mass is 16.3. The normalized spacial score (nSPS) is 14.6. The van der Waals surface area contributed by atoms with Crippen molar-refractivity contribution in [1.29, 1.82) is 0 Å². The van der Waals surface area contributed by atoms with Gasteiger partial charge in [-0.15, -0.1) is 0 Å². The zero-order valence-corrected chi connectivity index (χ0v) is 25.5. The lowest BCUT2D eigenvalue weighted by molar-refractivity contribution is 0.669. The van der Waals surface area contributed by atoms with E-state index in [4.69, 9.17) is 14.4 Å². The largest absolute Gasteiger partial charge is 0.456 e. The quantitative estimate of drug-likeness (QED) is 0.213. The topological polar surface area (TPSA) is 49.9 Å². The Kier molecular flexibility index (Phi) is 6.50. The van der Waals surface area contributed by atoms with Gasteiger partial charge in [0.1, 0.15) is 22.8 Å². The molecule has 47 heavy (non-hydrogen) atoms. The monoisotopic (exact) mass is 603 g/mol. The van der Waals surface area contributed by atoms with Crippen LogP contribution in [0.25, 0.3) is 55.0 Å². The van der Waals surface area contributed by atoms with Crippen molar-refractivity contribution in [3.05, 3.63) is 180 Å². The minimum Gasteiger partial charge on any atom is -0.456 e. The van der Waals surface area contributed by atoms with E-state index in [1.165, 1.54) is 16.5 Å². The summed E-state index contributed by atoms with van der Waals surface area (Å²) in [7, 11) is 0. The molecule has 2 heterocycles. The summed E-state index contributed by atoms with van der Waals surface area (Å²) < 4.78 is 6.47. The molecule has 1 aromatic heterocycles. The number of amidine groups is 2. The Bertz CT molecular complexity index is 2480. The predicted molar refractivity (Wildman–Crippen MR) is 194 cm³/mol. The van der Waals surface area contributed by atoms with Crippen LogP contribution in [0.1, 0.15) is 22.9 Å². The lowest BCUT2D eigenvalue weighted by Gasteiger charge is -2.24. The van der Waals surface area contributed by atoms with Gasteiger partial charge in [-0.25, -0.2) is 9.98 Å². The Morgan fingerprint density at radius 1 is 0.426 bits per heavy atom. The molecule has 9 rings (SSSR count). The van der Waals surface area contributed by atoms with Gasteiger partial charge >= 0.3 is 0 Å². The van der Waals surface area contributed by atoms with Crippen LogP contribution in [0, 0.1) is 0 Å². The van der Waals surface area contributed by atoms with E-state index in [1.54, 1.807) is 0 Å². The van der Waals surface area contributed by atoms with Gasteiger partial charge < -0.3 is 9.73 Å². The molecule has 1 atom stereocenters. The Hall–Kier alpha value is -6.26. The second kappa shape index (κ2) is 11.3. The number of hydrogen-bond acceptors (Lipinski definition) is 4. The molecule has 0 saturated carbocycles. The molecule has 4 nitrogen and oxygen atoms in total. The van der Waals surface area contributed by atoms with E-state index < -0.39 is 6.17 Å². The van der Waals surface area contributed by atoms with Crippen molar-refractivity contribution in [2.24, 2.45) is 9.98 Å². The first-order chi connectivity index (χ1) is 23.3. The lowest BCUT2D eigenvalue weighted by atomic mass is 9.94. The van der Waals surface area contributed by atoms with E-state index in [2.05, 4.69) is 133 Å². The van der Waals surface area contributed by atoms with Crippen LogP contribution < -0.4 is 5.32 Å². The summed E-state index contributed by atoms with van der Waals surface area (Å²) >= 11 is 0. The van der Waals surface area contributed by atoms with Crippen LogP contribution in [-0.2, 0) is 0 Å². The summed E-state index contributed by atoms with van der Waals surface area (Å²) in [5.41, 5.74) is 9.38. The van der Waals surface area contributed by atoms with E-state index >= 15 is 0 Å². The Balaban J connectivity index is 1.22. The number of furan rings is 1. The number of nitrogens with one attached hydrogen (secondary N) is 1. The first-order valence-electron chi connectivity index (χ1n) is 15.9. The molecule has 1 N–H and O–H groups in total. The third-order valence-electron chi connectivity index (χ3n) is 8.97. The molecule has 1 unspecified atom stereocenters. The lowest BCUT2D eigenvalue weighted by Crippen LogP contribution is -2.36. The molecule has 0 radical (unpaired) electrons. The number of rotatable bonds is 5. The maximum Gasteiger partial charge on any atom is 0.170 e. The van der Waals surface area contributed by atoms with Gasteiger partial charge in [0, 0.05) is 27.5 Å². The fraction of sp³-hybridized carbons (Fsp3) is 0.0233. The highest BCUT2D eigenvalue weighted by Crippen LogP contribution is 2.38. The van der Waals surface area contributed by atoms with Gasteiger partial charge in [0.25, 0.3) is 0 Å².